The molecule has 0 heterocycles. The van der Waals surface area contributed by atoms with Crippen LogP contribution < -0.4 is 0 Å². The SMILES string of the molecule is CCCc1ccc2c(c1F)C(F)c1cc(-c3ccc(Cl)cc3)ccc1-2. The van der Waals surface area contributed by atoms with E-state index in [9.17, 15) is 4.39 Å². The first kappa shape index (κ1) is 16.3. The van der Waals surface area contributed by atoms with Crippen LogP contribution in [0.5, 0.6) is 0 Å². The normalized spacial score (nSPS) is 15.1. The summed E-state index contributed by atoms with van der Waals surface area (Å²) in [6, 6.07) is 16.7. The van der Waals surface area contributed by atoms with E-state index < -0.39 is 12.0 Å². The number of hydrogen-bond donors (Lipinski definition) is 0. The van der Waals surface area contributed by atoms with Crippen molar-refractivity contribution in [1.29, 1.82) is 0 Å². The molecule has 0 saturated carbocycles. The van der Waals surface area contributed by atoms with E-state index in [-0.39, 0.29) is 5.56 Å². The molecule has 3 aromatic carbocycles. The molecule has 0 spiro atoms. The molecule has 0 radical (unpaired) electrons. The monoisotopic (exact) mass is 354 g/mol. The van der Waals surface area contributed by atoms with Gasteiger partial charge in [-0.05, 0) is 58.0 Å². The van der Waals surface area contributed by atoms with E-state index in [0.29, 0.717) is 28.1 Å². The first-order chi connectivity index (χ1) is 12.1. The van der Waals surface area contributed by atoms with Crippen molar-refractivity contribution in [2.45, 2.75) is 25.9 Å². The maximum absolute atomic E-state index is 15.1. The number of benzene rings is 3. The topological polar surface area (TPSA) is 0 Å². The fourth-order valence-electron chi connectivity index (χ4n) is 3.58. The maximum Gasteiger partial charge on any atom is 0.154 e. The van der Waals surface area contributed by atoms with Crippen molar-refractivity contribution in [2.24, 2.45) is 0 Å². The Morgan fingerprint density at radius 1 is 0.920 bits per heavy atom. The second kappa shape index (κ2) is 6.27. The van der Waals surface area contributed by atoms with Crippen LogP contribution in [0.3, 0.4) is 0 Å². The van der Waals surface area contributed by atoms with Gasteiger partial charge in [0.15, 0.2) is 6.17 Å². The van der Waals surface area contributed by atoms with Gasteiger partial charge in [0, 0.05) is 10.6 Å². The van der Waals surface area contributed by atoms with E-state index in [1.54, 1.807) is 6.07 Å². The van der Waals surface area contributed by atoms with Gasteiger partial charge < -0.3 is 0 Å². The van der Waals surface area contributed by atoms with Crippen molar-refractivity contribution in [3.8, 4) is 22.3 Å². The van der Waals surface area contributed by atoms with Crippen LogP contribution in [-0.4, -0.2) is 0 Å². The van der Waals surface area contributed by atoms with E-state index in [0.717, 1.165) is 23.1 Å². The van der Waals surface area contributed by atoms with Crippen molar-refractivity contribution in [3.63, 3.8) is 0 Å². The Bertz CT molecular complexity index is 945. The Labute approximate surface area is 151 Å². The van der Waals surface area contributed by atoms with Crippen LogP contribution in [0.4, 0.5) is 8.78 Å². The molecule has 0 saturated heterocycles. The predicted molar refractivity (Wildman–Crippen MR) is 99.2 cm³/mol. The summed E-state index contributed by atoms with van der Waals surface area (Å²) in [7, 11) is 0. The van der Waals surface area contributed by atoms with E-state index >= 15 is 4.39 Å². The lowest BCUT2D eigenvalue weighted by Crippen LogP contribution is -1.98. The van der Waals surface area contributed by atoms with E-state index in [2.05, 4.69) is 0 Å². The lowest BCUT2D eigenvalue weighted by molar-refractivity contribution is 0.394. The summed E-state index contributed by atoms with van der Waals surface area (Å²) < 4.78 is 29.9. The van der Waals surface area contributed by atoms with E-state index in [4.69, 9.17) is 11.6 Å². The Morgan fingerprint density at radius 2 is 1.60 bits per heavy atom. The van der Waals surface area contributed by atoms with E-state index in [1.165, 1.54) is 0 Å². The van der Waals surface area contributed by atoms with Crippen LogP contribution in [0.2, 0.25) is 5.02 Å². The first-order valence-electron chi connectivity index (χ1n) is 8.45. The Balaban J connectivity index is 1.81. The van der Waals surface area contributed by atoms with Crippen molar-refractivity contribution in [3.05, 3.63) is 82.1 Å². The van der Waals surface area contributed by atoms with Gasteiger partial charge in [0.25, 0.3) is 0 Å². The number of alkyl halides is 1. The van der Waals surface area contributed by atoms with Gasteiger partial charge >= 0.3 is 0 Å². The van der Waals surface area contributed by atoms with Crippen LogP contribution in [0.15, 0.2) is 54.6 Å². The highest BCUT2D eigenvalue weighted by molar-refractivity contribution is 6.30. The summed E-state index contributed by atoms with van der Waals surface area (Å²) in [4.78, 5) is 0. The molecule has 126 valence electrons. The molecule has 4 rings (SSSR count). The van der Waals surface area contributed by atoms with Gasteiger partial charge in [0.05, 0.1) is 0 Å². The summed E-state index contributed by atoms with van der Waals surface area (Å²) in [5, 5.41) is 0.659. The Kier molecular flexibility index (Phi) is 4.09. The van der Waals surface area contributed by atoms with Gasteiger partial charge in [-0.2, -0.15) is 0 Å². The van der Waals surface area contributed by atoms with E-state index in [1.807, 2.05) is 55.5 Å². The molecule has 25 heavy (non-hydrogen) atoms. The molecule has 3 heteroatoms. The summed E-state index contributed by atoms with van der Waals surface area (Å²) in [5.74, 6) is -0.393. The minimum absolute atomic E-state index is 0.189. The van der Waals surface area contributed by atoms with Crippen molar-refractivity contribution in [2.75, 3.05) is 0 Å². The van der Waals surface area contributed by atoms with Crippen molar-refractivity contribution >= 4 is 11.6 Å². The molecular formula is C22H17ClF2. The molecule has 0 bridgehead atoms. The van der Waals surface area contributed by atoms with Gasteiger partial charge in [0.1, 0.15) is 5.82 Å². The number of halogens is 3. The highest BCUT2D eigenvalue weighted by atomic mass is 35.5. The molecule has 0 fully saturated rings. The minimum Gasteiger partial charge on any atom is -0.237 e. The molecular weight excluding hydrogens is 338 g/mol. The number of rotatable bonds is 3. The summed E-state index contributed by atoms with van der Waals surface area (Å²) in [5.41, 5.74) is 4.63. The smallest absolute Gasteiger partial charge is 0.154 e. The van der Waals surface area contributed by atoms with Crippen molar-refractivity contribution in [1.82, 2.24) is 0 Å². The average molecular weight is 355 g/mol. The zero-order valence-electron chi connectivity index (χ0n) is 13.8. The van der Waals surface area contributed by atoms with Gasteiger partial charge in [-0.15, -0.1) is 0 Å². The van der Waals surface area contributed by atoms with Crippen LogP contribution in [0.25, 0.3) is 22.3 Å². The fraction of sp³-hybridized carbons (Fsp3) is 0.182. The third-order valence-electron chi connectivity index (χ3n) is 4.82. The molecule has 1 aliphatic rings. The van der Waals surface area contributed by atoms with Crippen LogP contribution in [0.1, 0.15) is 36.2 Å². The van der Waals surface area contributed by atoms with Gasteiger partial charge in [-0.1, -0.05) is 61.3 Å². The van der Waals surface area contributed by atoms with Crippen LogP contribution >= 0.6 is 11.6 Å². The molecule has 1 aliphatic carbocycles. The molecule has 1 atom stereocenters. The number of fused-ring (bicyclic) bond motifs is 3. The predicted octanol–water partition coefficient (Wildman–Crippen LogP) is 7.14. The number of aryl methyl sites for hydroxylation is 1. The largest absolute Gasteiger partial charge is 0.237 e. The molecule has 0 aliphatic heterocycles. The molecule has 0 N–H and O–H groups in total. The molecule has 0 nitrogen and oxygen atoms in total. The molecule has 0 amide bonds. The molecule has 1 unspecified atom stereocenters. The Morgan fingerprint density at radius 3 is 2.32 bits per heavy atom. The highest BCUT2D eigenvalue weighted by Crippen LogP contribution is 2.48. The lowest BCUT2D eigenvalue weighted by Gasteiger charge is -2.09. The molecule has 0 aromatic heterocycles. The third kappa shape index (κ3) is 2.65. The minimum atomic E-state index is -1.42. The van der Waals surface area contributed by atoms with Crippen LogP contribution in [0, 0.1) is 5.82 Å². The zero-order valence-corrected chi connectivity index (χ0v) is 14.6. The van der Waals surface area contributed by atoms with Crippen molar-refractivity contribution < 1.29 is 8.78 Å². The first-order valence-corrected chi connectivity index (χ1v) is 8.83. The third-order valence-corrected chi connectivity index (χ3v) is 5.08. The lowest BCUT2D eigenvalue weighted by atomic mass is 9.98. The summed E-state index contributed by atoms with van der Waals surface area (Å²) >= 11 is 5.93. The highest BCUT2D eigenvalue weighted by Gasteiger charge is 2.32. The maximum atomic E-state index is 15.1. The molecule has 3 aromatic rings. The quantitative estimate of drug-likeness (QED) is 0.469. The second-order valence-electron chi connectivity index (χ2n) is 6.42. The van der Waals surface area contributed by atoms with Gasteiger partial charge in [-0.25, -0.2) is 8.78 Å². The van der Waals surface area contributed by atoms with Gasteiger partial charge in [-0.3, -0.25) is 0 Å². The van der Waals surface area contributed by atoms with Gasteiger partial charge in [0.2, 0.25) is 0 Å². The standard InChI is InChI=1S/C22H17ClF2/c1-2-3-14-6-11-18-17-10-7-15(13-4-8-16(23)9-5-13)12-19(17)22(25)20(18)21(14)24/h4-12,22H,2-3H2,1H3. The Hall–Kier alpha value is -2.19. The summed E-state index contributed by atoms with van der Waals surface area (Å²) in [6.45, 7) is 1.99. The second-order valence-corrected chi connectivity index (χ2v) is 6.86. The number of hydrogen-bond acceptors (Lipinski definition) is 0. The average Bonchev–Trinajstić information content (AvgIpc) is 2.91. The zero-order chi connectivity index (χ0) is 17.6. The van der Waals surface area contributed by atoms with Crippen LogP contribution in [-0.2, 0) is 6.42 Å². The summed E-state index contributed by atoms with van der Waals surface area (Å²) in [6.07, 6.45) is 0.0347. The fourth-order valence-corrected chi connectivity index (χ4v) is 3.70.